The van der Waals surface area contributed by atoms with Gasteiger partial charge >= 0.3 is 5.97 Å². The van der Waals surface area contributed by atoms with Crippen LogP contribution in [-0.2, 0) is 14.3 Å². The molecular weight excluding hydrogens is 389 g/mol. The van der Waals surface area contributed by atoms with Crippen molar-refractivity contribution in [3.63, 3.8) is 0 Å². The molecule has 1 N–H and O–H groups in total. The van der Waals surface area contributed by atoms with Gasteiger partial charge in [-0.2, -0.15) is 0 Å². The van der Waals surface area contributed by atoms with Crippen LogP contribution in [0, 0.1) is 0 Å². The van der Waals surface area contributed by atoms with Crippen molar-refractivity contribution in [3.05, 3.63) is 69.7 Å². The van der Waals surface area contributed by atoms with E-state index >= 15 is 0 Å². The van der Waals surface area contributed by atoms with Crippen molar-refractivity contribution < 1.29 is 19.1 Å². The highest BCUT2D eigenvalue weighted by Crippen LogP contribution is 2.25. The van der Waals surface area contributed by atoms with Crippen molar-refractivity contribution in [2.75, 3.05) is 13.7 Å². The van der Waals surface area contributed by atoms with Gasteiger partial charge in [-0.05, 0) is 48.4 Å². The quantitative estimate of drug-likeness (QED) is 0.544. The topological polar surface area (TPSA) is 64.6 Å². The number of rotatable bonds is 7. The summed E-state index contributed by atoms with van der Waals surface area (Å²) >= 11 is 11.8. The summed E-state index contributed by atoms with van der Waals surface area (Å²) in [5, 5.41) is 3.58. The molecule has 0 aliphatic heterocycles. The van der Waals surface area contributed by atoms with E-state index < -0.39 is 11.9 Å². The summed E-state index contributed by atoms with van der Waals surface area (Å²) in [5.41, 5.74) is 1.61. The van der Waals surface area contributed by atoms with Crippen LogP contribution in [0.2, 0.25) is 10.0 Å². The molecule has 2 aromatic carbocycles. The molecule has 142 valence electrons. The highest BCUT2D eigenvalue weighted by atomic mass is 35.5. The van der Waals surface area contributed by atoms with E-state index in [0.29, 0.717) is 10.0 Å². The molecule has 2 rings (SSSR count). The second kappa shape index (κ2) is 10.00. The van der Waals surface area contributed by atoms with E-state index in [1.807, 2.05) is 0 Å². The molecule has 0 radical (unpaired) electrons. The molecule has 1 amide bonds. The molecule has 0 unspecified atom stereocenters. The summed E-state index contributed by atoms with van der Waals surface area (Å²) in [5.74, 6) is -0.301. The average Bonchev–Trinajstić information content (AvgIpc) is 2.67. The van der Waals surface area contributed by atoms with Crippen molar-refractivity contribution >= 4 is 41.2 Å². The maximum Gasteiger partial charge on any atom is 0.331 e. The lowest BCUT2D eigenvalue weighted by atomic mass is 10.1. The lowest BCUT2D eigenvalue weighted by Gasteiger charge is -2.14. The molecule has 27 heavy (non-hydrogen) atoms. The van der Waals surface area contributed by atoms with Crippen LogP contribution in [0.15, 0.2) is 48.5 Å². The van der Waals surface area contributed by atoms with Gasteiger partial charge in [0.1, 0.15) is 5.75 Å². The molecule has 0 bridgehead atoms. The number of hydrogen-bond donors (Lipinski definition) is 1. The summed E-state index contributed by atoms with van der Waals surface area (Å²) in [6.07, 6.45) is 2.86. The first kappa shape index (κ1) is 20.8. The molecule has 2 aromatic rings. The van der Waals surface area contributed by atoms with Crippen molar-refractivity contribution in [1.29, 1.82) is 0 Å². The maximum absolute atomic E-state index is 11.9. The number of amides is 1. The third-order valence-corrected chi connectivity index (χ3v) is 4.43. The summed E-state index contributed by atoms with van der Waals surface area (Å²) in [7, 11) is 1.58. The van der Waals surface area contributed by atoms with Gasteiger partial charge in [0.05, 0.1) is 23.2 Å². The molecule has 0 saturated carbocycles. The molecule has 0 aliphatic rings. The number of carbonyl (C=O) groups excluding carboxylic acids is 2. The number of halogens is 2. The number of nitrogens with one attached hydrogen (secondary N) is 1. The first-order chi connectivity index (χ1) is 12.9. The Hall–Kier alpha value is -2.50. The standard InChI is InChI=1S/C20H19Cl2NO4/c1-13(15-6-9-17(21)18(22)11-15)23-19(24)12-27-20(25)10-5-14-3-7-16(26-2)8-4-14/h3-11,13H,12H2,1-2H3,(H,23,24)/b10-5+/t13-/m0/s1. The van der Waals surface area contributed by atoms with Gasteiger partial charge < -0.3 is 14.8 Å². The first-order valence-electron chi connectivity index (χ1n) is 8.12. The van der Waals surface area contributed by atoms with Gasteiger partial charge in [-0.3, -0.25) is 4.79 Å². The fourth-order valence-electron chi connectivity index (χ4n) is 2.21. The largest absolute Gasteiger partial charge is 0.497 e. The number of methoxy groups -OCH3 is 1. The van der Waals surface area contributed by atoms with Gasteiger partial charge in [-0.15, -0.1) is 0 Å². The minimum absolute atomic E-state index is 0.305. The summed E-state index contributed by atoms with van der Waals surface area (Å²) in [6.45, 7) is 1.42. The maximum atomic E-state index is 11.9. The van der Waals surface area contributed by atoms with Crippen molar-refractivity contribution in [1.82, 2.24) is 5.32 Å². The van der Waals surface area contributed by atoms with Gasteiger partial charge in [0, 0.05) is 6.08 Å². The van der Waals surface area contributed by atoms with Gasteiger partial charge in [-0.1, -0.05) is 41.4 Å². The summed E-state index contributed by atoms with van der Waals surface area (Å²) < 4.78 is 10.0. The van der Waals surface area contributed by atoms with Crippen LogP contribution in [0.3, 0.4) is 0 Å². The zero-order valence-corrected chi connectivity index (χ0v) is 16.4. The number of benzene rings is 2. The molecule has 1 atom stereocenters. The average molecular weight is 408 g/mol. The summed E-state index contributed by atoms with van der Waals surface area (Å²) in [4.78, 5) is 23.7. The Balaban J connectivity index is 1.80. The van der Waals surface area contributed by atoms with Crippen LogP contribution in [-0.4, -0.2) is 25.6 Å². The Morgan fingerprint density at radius 3 is 2.44 bits per heavy atom. The minimum atomic E-state index is -0.608. The summed E-state index contributed by atoms with van der Waals surface area (Å²) in [6, 6.07) is 12.0. The highest BCUT2D eigenvalue weighted by molar-refractivity contribution is 6.42. The van der Waals surface area contributed by atoms with Crippen LogP contribution in [0.5, 0.6) is 5.75 Å². The first-order valence-corrected chi connectivity index (χ1v) is 8.88. The van der Waals surface area contributed by atoms with Gasteiger partial charge in [0.25, 0.3) is 5.91 Å². The lowest BCUT2D eigenvalue weighted by Crippen LogP contribution is -2.30. The smallest absolute Gasteiger partial charge is 0.331 e. The predicted molar refractivity (Wildman–Crippen MR) is 106 cm³/mol. The Labute approximate surface area is 167 Å². The van der Waals surface area contributed by atoms with E-state index in [0.717, 1.165) is 16.9 Å². The molecule has 0 aromatic heterocycles. The van der Waals surface area contributed by atoms with Gasteiger partial charge in [0.15, 0.2) is 6.61 Å². The Bertz CT molecular complexity index is 834. The van der Waals surface area contributed by atoms with Crippen LogP contribution in [0.4, 0.5) is 0 Å². The molecule has 7 heteroatoms. The van der Waals surface area contributed by atoms with E-state index in [-0.39, 0.29) is 12.6 Å². The molecule has 5 nitrogen and oxygen atoms in total. The number of ether oxygens (including phenoxy) is 2. The molecular formula is C20H19Cl2NO4. The molecule has 0 saturated heterocycles. The van der Waals surface area contributed by atoms with Gasteiger partial charge in [0.2, 0.25) is 0 Å². The van der Waals surface area contributed by atoms with Crippen LogP contribution in [0.25, 0.3) is 6.08 Å². The molecule has 0 spiro atoms. The van der Waals surface area contributed by atoms with Crippen molar-refractivity contribution in [2.45, 2.75) is 13.0 Å². The Morgan fingerprint density at radius 1 is 1.11 bits per heavy atom. The Morgan fingerprint density at radius 2 is 1.81 bits per heavy atom. The third kappa shape index (κ3) is 6.62. The number of carbonyl (C=O) groups is 2. The molecule has 0 fully saturated rings. The van der Waals surface area contributed by atoms with E-state index in [1.54, 1.807) is 62.6 Å². The van der Waals surface area contributed by atoms with E-state index in [9.17, 15) is 9.59 Å². The van der Waals surface area contributed by atoms with Crippen molar-refractivity contribution in [3.8, 4) is 5.75 Å². The van der Waals surface area contributed by atoms with Crippen LogP contribution >= 0.6 is 23.2 Å². The Kier molecular flexibility index (Phi) is 7.70. The SMILES string of the molecule is COc1ccc(/C=C/C(=O)OCC(=O)N[C@@H](C)c2ccc(Cl)c(Cl)c2)cc1. The zero-order valence-electron chi connectivity index (χ0n) is 14.9. The zero-order chi connectivity index (χ0) is 19.8. The number of esters is 1. The second-order valence-corrected chi connectivity index (χ2v) is 6.49. The lowest BCUT2D eigenvalue weighted by molar-refractivity contribution is -0.144. The van der Waals surface area contributed by atoms with E-state index in [2.05, 4.69) is 5.32 Å². The van der Waals surface area contributed by atoms with Crippen LogP contribution in [0.1, 0.15) is 24.1 Å². The van der Waals surface area contributed by atoms with Crippen molar-refractivity contribution in [2.24, 2.45) is 0 Å². The monoisotopic (exact) mass is 407 g/mol. The predicted octanol–water partition coefficient (Wildman–Crippen LogP) is 4.44. The molecule has 0 heterocycles. The normalized spacial score (nSPS) is 11.9. The second-order valence-electron chi connectivity index (χ2n) is 5.68. The van der Waals surface area contributed by atoms with E-state index in [4.69, 9.17) is 32.7 Å². The number of hydrogen-bond acceptors (Lipinski definition) is 4. The fourth-order valence-corrected chi connectivity index (χ4v) is 2.52. The third-order valence-electron chi connectivity index (χ3n) is 3.69. The van der Waals surface area contributed by atoms with E-state index in [1.165, 1.54) is 6.08 Å². The fraction of sp³-hybridized carbons (Fsp3) is 0.200. The minimum Gasteiger partial charge on any atom is -0.497 e. The van der Waals surface area contributed by atoms with Crippen LogP contribution < -0.4 is 10.1 Å². The molecule has 0 aliphatic carbocycles. The van der Waals surface area contributed by atoms with Gasteiger partial charge in [-0.25, -0.2) is 4.79 Å². The highest BCUT2D eigenvalue weighted by Gasteiger charge is 2.12.